The summed E-state index contributed by atoms with van der Waals surface area (Å²) in [5.74, 6) is 0.970. The fraction of sp³-hybridized carbons (Fsp3) is 0.333. The standard InChI is InChI=1S/C27H28O6/c1-18-16-24(32-26(18)28)20-6-10-22(11-7-20)30-14-4-3-5-15-31-23-12-8-21(9-13-23)25-17-19(2)27(29)33-25/h6-13,24-25H,1-5,14-17H2. The normalized spacial score (nSPS) is 20.0. The summed E-state index contributed by atoms with van der Waals surface area (Å²) in [4.78, 5) is 22.9. The first-order chi connectivity index (χ1) is 16.0. The Kier molecular flexibility index (Phi) is 7.13. The first-order valence-electron chi connectivity index (χ1n) is 11.2. The van der Waals surface area contributed by atoms with Gasteiger partial charge in [0.05, 0.1) is 13.2 Å². The van der Waals surface area contributed by atoms with Gasteiger partial charge in [-0.1, -0.05) is 37.4 Å². The maximum Gasteiger partial charge on any atom is 0.334 e. The molecule has 33 heavy (non-hydrogen) atoms. The van der Waals surface area contributed by atoms with Gasteiger partial charge in [0.15, 0.2) is 0 Å². The van der Waals surface area contributed by atoms with Gasteiger partial charge in [-0.2, -0.15) is 0 Å². The third-order valence-corrected chi connectivity index (χ3v) is 5.77. The number of cyclic esters (lactones) is 2. The molecule has 0 radical (unpaired) electrons. The SMILES string of the molecule is C=C1CC(c2ccc(OCCCCCOc3ccc(C4CC(=C)C(=O)O4)cc3)cc2)OC1=O. The van der Waals surface area contributed by atoms with Crippen LogP contribution in [0.25, 0.3) is 0 Å². The van der Waals surface area contributed by atoms with Crippen molar-refractivity contribution in [2.24, 2.45) is 0 Å². The van der Waals surface area contributed by atoms with Gasteiger partial charge in [0.2, 0.25) is 0 Å². The average molecular weight is 449 g/mol. The van der Waals surface area contributed by atoms with E-state index in [4.69, 9.17) is 18.9 Å². The molecule has 2 saturated heterocycles. The Morgan fingerprint density at radius 1 is 0.667 bits per heavy atom. The van der Waals surface area contributed by atoms with E-state index in [0.29, 0.717) is 37.2 Å². The monoisotopic (exact) mass is 448 g/mol. The van der Waals surface area contributed by atoms with Gasteiger partial charge in [0.25, 0.3) is 0 Å². The summed E-state index contributed by atoms with van der Waals surface area (Å²) in [6.45, 7) is 8.70. The molecule has 0 spiro atoms. The second kappa shape index (κ2) is 10.4. The molecule has 0 aliphatic carbocycles. The quantitative estimate of drug-likeness (QED) is 0.275. The molecule has 0 bridgehead atoms. The minimum absolute atomic E-state index is 0.240. The maximum atomic E-state index is 11.5. The van der Waals surface area contributed by atoms with Crippen LogP contribution in [0.4, 0.5) is 0 Å². The molecule has 2 aliphatic heterocycles. The van der Waals surface area contributed by atoms with Crippen LogP contribution in [0.2, 0.25) is 0 Å². The van der Waals surface area contributed by atoms with E-state index in [9.17, 15) is 9.59 Å². The molecule has 2 aromatic rings. The Morgan fingerprint density at radius 3 is 1.39 bits per heavy atom. The molecule has 2 aromatic carbocycles. The second-order valence-electron chi connectivity index (χ2n) is 8.30. The maximum absolute atomic E-state index is 11.5. The summed E-state index contributed by atoms with van der Waals surface area (Å²) in [5.41, 5.74) is 2.94. The van der Waals surface area contributed by atoms with E-state index in [-0.39, 0.29) is 24.1 Å². The van der Waals surface area contributed by atoms with Gasteiger partial charge < -0.3 is 18.9 Å². The summed E-state index contributed by atoms with van der Waals surface area (Å²) in [6, 6.07) is 15.3. The lowest BCUT2D eigenvalue weighted by atomic mass is 10.1. The molecule has 172 valence electrons. The molecule has 6 heteroatoms. The molecule has 2 fully saturated rings. The summed E-state index contributed by atoms with van der Waals surface area (Å²) in [6.07, 6.45) is 3.46. The van der Waals surface area contributed by atoms with Gasteiger partial charge in [0.1, 0.15) is 23.7 Å². The predicted molar refractivity (Wildman–Crippen MR) is 123 cm³/mol. The molecular weight excluding hydrogens is 420 g/mol. The number of ether oxygens (including phenoxy) is 4. The van der Waals surface area contributed by atoms with Crippen molar-refractivity contribution in [2.45, 2.75) is 44.3 Å². The highest BCUT2D eigenvalue weighted by atomic mass is 16.6. The van der Waals surface area contributed by atoms with Crippen molar-refractivity contribution in [1.29, 1.82) is 0 Å². The van der Waals surface area contributed by atoms with Crippen molar-refractivity contribution >= 4 is 11.9 Å². The number of rotatable bonds is 10. The molecule has 6 nitrogen and oxygen atoms in total. The van der Waals surface area contributed by atoms with E-state index in [1.54, 1.807) is 0 Å². The van der Waals surface area contributed by atoms with Crippen molar-refractivity contribution in [1.82, 2.24) is 0 Å². The van der Waals surface area contributed by atoms with Gasteiger partial charge >= 0.3 is 11.9 Å². The lowest BCUT2D eigenvalue weighted by Crippen LogP contribution is -2.02. The molecular formula is C27H28O6. The van der Waals surface area contributed by atoms with Crippen molar-refractivity contribution in [2.75, 3.05) is 13.2 Å². The van der Waals surface area contributed by atoms with Crippen molar-refractivity contribution in [3.8, 4) is 11.5 Å². The highest BCUT2D eigenvalue weighted by Gasteiger charge is 2.29. The molecule has 2 aliphatic rings. The molecule has 4 rings (SSSR count). The van der Waals surface area contributed by atoms with Crippen LogP contribution < -0.4 is 9.47 Å². The Hall–Kier alpha value is -3.54. The van der Waals surface area contributed by atoms with E-state index < -0.39 is 0 Å². The Labute approximate surface area is 193 Å². The number of esters is 2. The highest BCUT2D eigenvalue weighted by Crippen LogP contribution is 2.33. The summed E-state index contributed by atoms with van der Waals surface area (Å²) in [7, 11) is 0. The molecule has 0 saturated carbocycles. The van der Waals surface area contributed by atoms with Gasteiger partial charge in [-0.25, -0.2) is 9.59 Å². The lowest BCUT2D eigenvalue weighted by Gasteiger charge is -2.11. The Balaban J connectivity index is 1.09. The summed E-state index contributed by atoms with van der Waals surface area (Å²) >= 11 is 0. The van der Waals surface area contributed by atoms with Crippen LogP contribution in [0, 0.1) is 0 Å². The highest BCUT2D eigenvalue weighted by molar-refractivity contribution is 5.90. The first kappa shape index (κ1) is 22.6. The molecule has 2 atom stereocenters. The number of unbranched alkanes of at least 4 members (excludes halogenated alkanes) is 2. The van der Waals surface area contributed by atoms with Crippen LogP contribution in [0.3, 0.4) is 0 Å². The smallest absolute Gasteiger partial charge is 0.334 e. The summed E-state index contributed by atoms with van der Waals surface area (Å²) in [5, 5.41) is 0. The average Bonchev–Trinajstić information content (AvgIpc) is 3.34. The fourth-order valence-corrected chi connectivity index (χ4v) is 3.81. The van der Waals surface area contributed by atoms with Crippen LogP contribution in [0.1, 0.15) is 55.4 Å². The van der Waals surface area contributed by atoms with E-state index in [2.05, 4.69) is 13.2 Å². The van der Waals surface area contributed by atoms with E-state index in [0.717, 1.165) is 41.9 Å². The Bertz CT molecular complexity index is 906. The second-order valence-corrected chi connectivity index (χ2v) is 8.30. The summed E-state index contributed by atoms with van der Waals surface area (Å²) < 4.78 is 22.2. The zero-order chi connectivity index (χ0) is 23.2. The van der Waals surface area contributed by atoms with Gasteiger partial charge in [0, 0.05) is 24.0 Å². The first-order valence-corrected chi connectivity index (χ1v) is 11.2. The zero-order valence-electron chi connectivity index (χ0n) is 18.6. The van der Waals surface area contributed by atoms with Crippen LogP contribution in [-0.2, 0) is 19.1 Å². The van der Waals surface area contributed by atoms with Crippen molar-refractivity contribution < 1.29 is 28.5 Å². The predicted octanol–water partition coefficient (Wildman–Crippen LogP) is 5.40. The number of hydrogen-bond acceptors (Lipinski definition) is 6. The largest absolute Gasteiger partial charge is 0.494 e. The number of carbonyl (C=O) groups is 2. The van der Waals surface area contributed by atoms with Gasteiger partial charge in [-0.05, 0) is 54.7 Å². The van der Waals surface area contributed by atoms with Crippen LogP contribution >= 0.6 is 0 Å². The molecule has 0 N–H and O–H groups in total. The molecule has 0 aromatic heterocycles. The van der Waals surface area contributed by atoms with E-state index >= 15 is 0 Å². The van der Waals surface area contributed by atoms with Gasteiger partial charge in [-0.3, -0.25) is 0 Å². The minimum atomic E-state index is -0.315. The third kappa shape index (κ3) is 5.83. The van der Waals surface area contributed by atoms with Gasteiger partial charge in [-0.15, -0.1) is 0 Å². The third-order valence-electron chi connectivity index (χ3n) is 5.77. The number of benzene rings is 2. The minimum Gasteiger partial charge on any atom is -0.494 e. The molecule has 0 amide bonds. The van der Waals surface area contributed by atoms with E-state index in [1.807, 2.05) is 48.5 Å². The zero-order valence-corrected chi connectivity index (χ0v) is 18.6. The molecule has 2 unspecified atom stereocenters. The van der Waals surface area contributed by atoms with E-state index in [1.165, 1.54) is 0 Å². The van der Waals surface area contributed by atoms with Crippen molar-refractivity contribution in [3.05, 3.63) is 84.0 Å². The topological polar surface area (TPSA) is 71.1 Å². The van der Waals surface area contributed by atoms with Crippen LogP contribution in [-0.4, -0.2) is 25.2 Å². The fourth-order valence-electron chi connectivity index (χ4n) is 3.81. The van der Waals surface area contributed by atoms with Crippen LogP contribution in [0.5, 0.6) is 11.5 Å². The Morgan fingerprint density at radius 2 is 1.06 bits per heavy atom. The van der Waals surface area contributed by atoms with Crippen molar-refractivity contribution in [3.63, 3.8) is 0 Å². The molecule has 2 heterocycles. The number of carbonyl (C=O) groups excluding carboxylic acids is 2. The lowest BCUT2D eigenvalue weighted by molar-refractivity contribution is -0.140. The number of hydrogen-bond donors (Lipinski definition) is 0. The van der Waals surface area contributed by atoms with Crippen LogP contribution in [0.15, 0.2) is 72.8 Å².